The van der Waals surface area contributed by atoms with Crippen molar-refractivity contribution >= 4 is 50.9 Å². The number of aromatic nitrogens is 3. The minimum atomic E-state index is -0.486. The summed E-state index contributed by atoms with van der Waals surface area (Å²) in [7, 11) is 0. The highest BCUT2D eigenvalue weighted by Crippen LogP contribution is 2.51. The highest BCUT2D eigenvalue weighted by Gasteiger charge is 2.51. The first kappa shape index (κ1) is 34.1. The molecule has 0 spiro atoms. The van der Waals surface area contributed by atoms with Gasteiger partial charge >= 0.3 is 0 Å². The van der Waals surface area contributed by atoms with E-state index < -0.39 is 5.82 Å². The van der Waals surface area contributed by atoms with Gasteiger partial charge in [0.25, 0.3) is 0 Å². The van der Waals surface area contributed by atoms with E-state index in [9.17, 15) is 10.1 Å². The lowest BCUT2D eigenvalue weighted by molar-refractivity contribution is -0.133. The molecule has 3 aromatic heterocycles. The van der Waals surface area contributed by atoms with Crippen molar-refractivity contribution in [2.45, 2.75) is 82.5 Å². The number of nitrogens with zero attached hydrogens (tertiary/aromatic N) is 5. The molecule has 2 saturated carbocycles. The highest BCUT2D eigenvalue weighted by atomic mass is 35.5. The molecule has 1 amide bonds. The summed E-state index contributed by atoms with van der Waals surface area (Å²) in [6.07, 6.45) is 9.13. The maximum absolute atomic E-state index is 17.3. The summed E-state index contributed by atoms with van der Waals surface area (Å²) in [5.41, 5.74) is 5.39. The number of halogens is 3. The summed E-state index contributed by atoms with van der Waals surface area (Å²) in [5, 5.41) is 15.5. The fraction of sp³-hybridized carbons (Fsp3) is 0.429. The van der Waals surface area contributed by atoms with Crippen LogP contribution in [0.5, 0.6) is 11.5 Å². The molecule has 5 unspecified atom stereocenters. The smallest absolute Gasteiger partial charge is 0.226 e. The number of benzene rings is 2. The van der Waals surface area contributed by atoms with Crippen molar-refractivity contribution in [3.8, 4) is 28.7 Å². The Morgan fingerprint density at radius 1 is 1.19 bits per heavy atom. The van der Waals surface area contributed by atoms with Crippen molar-refractivity contribution in [3.63, 3.8) is 0 Å². The maximum atomic E-state index is 17.3. The molecule has 5 atom stereocenters. The van der Waals surface area contributed by atoms with E-state index in [0.29, 0.717) is 70.5 Å². The van der Waals surface area contributed by atoms with E-state index in [0.717, 1.165) is 66.6 Å². The number of fused-ring (bicyclic) bond motifs is 5. The van der Waals surface area contributed by atoms with Crippen molar-refractivity contribution in [1.82, 2.24) is 24.8 Å². The molecule has 1 N–H and O–H groups in total. The molecule has 2 aliphatic carbocycles. The molecular weight excluding hydrogens is 726 g/mol. The minimum Gasteiger partial charge on any atom is -0.489 e. The molecule has 9 nitrogen and oxygen atoms in total. The molecule has 276 valence electrons. The number of aryl methyl sites for hydroxylation is 3. The molecule has 6 aliphatic rings. The van der Waals surface area contributed by atoms with Crippen LogP contribution in [0.4, 0.5) is 4.39 Å². The first-order valence-corrected chi connectivity index (χ1v) is 19.8. The normalized spacial score (nSPS) is 24.4. The first-order valence-electron chi connectivity index (χ1n) is 19.1. The minimum absolute atomic E-state index is 0.0258. The van der Waals surface area contributed by atoms with Gasteiger partial charge in [0.15, 0.2) is 17.3 Å². The second-order valence-electron chi connectivity index (χ2n) is 15.6. The molecular formula is C42H39Cl2FN6O3. The molecule has 4 aliphatic heterocycles. The number of hydrogen-bond donors (Lipinski definition) is 1. The summed E-state index contributed by atoms with van der Waals surface area (Å²) in [6, 6.07) is 11.8. The molecule has 5 fully saturated rings. The number of rotatable bonds is 8. The molecule has 12 heteroatoms. The molecule has 2 aromatic carbocycles. The highest BCUT2D eigenvalue weighted by molar-refractivity contribution is 6.43. The molecule has 7 heterocycles. The van der Waals surface area contributed by atoms with Crippen molar-refractivity contribution in [2.75, 3.05) is 19.7 Å². The third-order valence-corrected chi connectivity index (χ3v) is 13.1. The van der Waals surface area contributed by atoms with E-state index in [4.69, 9.17) is 37.7 Å². The number of amides is 1. The van der Waals surface area contributed by atoms with E-state index in [-0.39, 0.29) is 53.0 Å². The van der Waals surface area contributed by atoms with Gasteiger partial charge in [0.1, 0.15) is 11.6 Å². The Balaban J connectivity index is 1.16. The summed E-state index contributed by atoms with van der Waals surface area (Å²) < 4.78 is 32.4. The van der Waals surface area contributed by atoms with Crippen LogP contribution in [0, 0.1) is 35.9 Å². The summed E-state index contributed by atoms with van der Waals surface area (Å²) in [6.45, 7) is 3.93. The number of carbonyl (C=O) groups is 1. The lowest BCUT2D eigenvalue weighted by atomic mass is 9.79. The van der Waals surface area contributed by atoms with Gasteiger partial charge in [-0.15, -0.1) is 0 Å². The SMILES string of the molecule is Cc1nc2c(F)c(-c3cccc(Cl)c3Cl)c(CCC#N)cc2c2c1cc(C1CC(Oc3cncc4c3OCCC4)CN1C(=O)C1CC1)n2C1C2CNC1C2. The zero-order chi connectivity index (χ0) is 36.8. The van der Waals surface area contributed by atoms with E-state index in [1.807, 2.05) is 24.1 Å². The van der Waals surface area contributed by atoms with Crippen LogP contribution in [0.2, 0.25) is 10.0 Å². The van der Waals surface area contributed by atoms with Crippen LogP contribution < -0.4 is 14.8 Å². The summed E-state index contributed by atoms with van der Waals surface area (Å²) in [4.78, 5) is 25.6. The van der Waals surface area contributed by atoms with Crippen LogP contribution in [0.25, 0.3) is 32.9 Å². The summed E-state index contributed by atoms with van der Waals surface area (Å²) >= 11 is 13.1. The summed E-state index contributed by atoms with van der Waals surface area (Å²) in [5.74, 6) is 1.49. The van der Waals surface area contributed by atoms with Gasteiger partial charge in [-0.25, -0.2) is 9.37 Å². The number of likely N-dealkylation sites (tertiary alicyclic amines) is 1. The van der Waals surface area contributed by atoms with Crippen molar-refractivity contribution in [2.24, 2.45) is 11.8 Å². The number of nitriles is 1. The third-order valence-electron chi connectivity index (χ3n) is 12.3. The van der Waals surface area contributed by atoms with E-state index in [1.54, 1.807) is 24.4 Å². The van der Waals surface area contributed by atoms with Crippen LogP contribution in [-0.2, 0) is 17.6 Å². The van der Waals surface area contributed by atoms with E-state index in [1.165, 1.54) is 0 Å². The Kier molecular flexibility index (Phi) is 8.27. The Labute approximate surface area is 322 Å². The molecule has 5 aromatic rings. The topological polar surface area (TPSA) is 105 Å². The van der Waals surface area contributed by atoms with Crippen LogP contribution in [-0.4, -0.2) is 57.2 Å². The number of carbonyl (C=O) groups excluding carboxylic acids is 1. The van der Waals surface area contributed by atoms with E-state index in [2.05, 4.69) is 27.0 Å². The standard InChI is InChI=1S/C42H39Cl2FN6O3/c1-21-28-16-33(32-15-26(20-50(32)42(52)22-9-10-22)54-34-19-47-17-24-6-4-12-53-41(24)34)51(39-25-14-31(39)48-18-25)40(28)29-13-23(5-3-11-46)35(37(45)38(29)49-21)27-7-2-8-30(43)36(27)44/h2,7-8,13,16-17,19,22,25-26,31-32,39,48H,3-6,9-10,12,14-15,18,20H2,1H3. The van der Waals surface area contributed by atoms with Crippen LogP contribution in [0.15, 0.2) is 42.7 Å². The van der Waals surface area contributed by atoms with Crippen LogP contribution >= 0.6 is 23.2 Å². The molecule has 3 saturated heterocycles. The zero-order valence-corrected chi connectivity index (χ0v) is 31.4. The number of nitrogens with one attached hydrogen (secondary N) is 1. The van der Waals surface area contributed by atoms with Gasteiger partial charge < -0.3 is 24.3 Å². The zero-order valence-electron chi connectivity index (χ0n) is 29.9. The molecule has 0 radical (unpaired) electrons. The van der Waals surface area contributed by atoms with Crippen molar-refractivity contribution in [3.05, 3.63) is 81.1 Å². The predicted molar refractivity (Wildman–Crippen MR) is 205 cm³/mol. The Hall–Kier alpha value is -4.43. The van der Waals surface area contributed by atoms with Gasteiger partial charge in [-0.1, -0.05) is 35.3 Å². The fourth-order valence-electron chi connectivity index (χ4n) is 9.58. The Morgan fingerprint density at radius 2 is 2.06 bits per heavy atom. The molecule has 54 heavy (non-hydrogen) atoms. The quantitative estimate of drug-likeness (QED) is 0.169. The third kappa shape index (κ3) is 5.37. The molecule has 2 bridgehead atoms. The first-order chi connectivity index (χ1) is 26.3. The van der Waals surface area contributed by atoms with Crippen molar-refractivity contribution < 1.29 is 18.7 Å². The average Bonchev–Trinajstić information content (AvgIpc) is 3.45. The van der Waals surface area contributed by atoms with Crippen molar-refractivity contribution in [1.29, 1.82) is 5.26 Å². The lowest BCUT2D eigenvalue weighted by Gasteiger charge is -2.39. The number of hydrogen-bond acceptors (Lipinski definition) is 7. The van der Waals surface area contributed by atoms with Crippen LogP contribution in [0.3, 0.4) is 0 Å². The van der Waals surface area contributed by atoms with Gasteiger partial charge in [-0.3, -0.25) is 9.78 Å². The Bertz CT molecular complexity index is 2410. The van der Waals surface area contributed by atoms with Gasteiger partial charge in [0, 0.05) is 76.4 Å². The van der Waals surface area contributed by atoms with Gasteiger partial charge in [0.2, 0.25) is 5.91 Å². The van der Waals surface area contributed by atoms with E-state index >= 15 is 4.39 Å². The number of ether oxygens (including phenoxy) is 2. The van der Waals surface area contributed by atoms with Gasteiger partial charge in [0.05, 0.1) is 53.1 Å². The second kappa shape index (κ2) is 13.1. The average molecular weight is 766 g/mol. The largest absolute Gasteiger partial charge is 0.489 e. The van der Waals surface area contributed by atoms with Crippen LogP contribution in [0.1, 0.15) is 73.1 Å². The number of pyridine rings is 2. The van der Waals surface area contributed by atoms with Gasteiger partial charge in [-0.2, -0.15) is 5.26 Å². The molecule has 11 rings (SSSR count). The van der Waals surface area contributed by atoms with Gasteiger partial charge in [-0.05, 0) is 75.1 Å². The lowest BCUT2D eigenvalue weighted by Crippen LogP contribution is -2.41. The monoisotopic (exact) mass is 764 g/mol. The Morgan fingerprint density at radius 3 is 2.83 bits per heavy atom. The second-order valence-corrected chi connectivity index (χ2v) is 16.4. The fourth-order valence-corrected chi connectivity index (χ4v) is 9.98. The maximum Gasteiger partial charge on any atom is 0.226 e. The predicted octanol–water partition coefficient (Wildman–Crippen LogP) is 8.45.